The van der Waals surface area contributed by atoms with Gasteiger partial charge in [-0.25, -0.2) is 4.98 Å². The van der Waals surface area contributed by atoms with Crippen LogP contribution in [-0.4, -0.2) is 28.2 Å². The maximum absolute atomic E-state index is 10.00. The Labute approximate surface area is 149 Å². The topological polar surface area (TPSA) is 79.3 Å². The summed E-state index contributed by atoms with van der Waals surface area (Å²) < 4.78 is 5.30. The molecule has 0 spiro atoms. The lowest BCUT2D eigenvalue weighted by atomic mass is 9.76. The molecule has 7 heteroatoms. The number of nitrogens with one attached hydrogen (secondary N) is 2. The van der Waals surface area contributed by atoms with Gasteiger partial charge < -0.3 is 20.3 Å². The van der Waals surface area contributed by atoms with Crippen LogP contribution in [0.3, 0.4) is 0 Å². The number of fused-ring (bicyclic) bond motifs is 1. The standard InChI is InChI=1S/C18H25BN4O2/c1-5-14(6-2)21-17-11(3)9-20-18(23-17)22-15-8-7-13-10-25-19(24)16(13)12(15)4/h7-9,14,24H,5-6,10H2,1-4H3,(H2,20,21,22,23). The van der Waals surface area contributed by atoms with E-state index < -0.39 is 7.12 Å². The predicted molar refractivity (Wildman–Crippen MR) is 102 cm³/mol. The molecule has 0 unspecified atom stereocenters. The first-order chi connectivity index (χ1) is 12.0. The van der Waals surface area contributed by atoms with Crippen LogP contribution >= 0.6 is 0 Å². The van der Waals surface area contributed by atoms with Gasteiger partial charge in [-0.15, -0.1) is 0 Å². The van der Waals surface area contributed by atoms with Gasteiger partial charge in [0, 0.05) is 23.5 Å². The SMILES string of the molecule is CCC(CC)Nc1nc(Nc2ccc3c(c2C)B(O)OC3)ncc1C. The van der Waals surface area contributed by atoms with Crippen molar-refractivity contribution >= 4 is 30.0 Å². The van der Waals surface area contributed by atoms with Gasteiger partial charge in [-0.3, -0.25) is 0 Å². The number of aryl methyl sites for hydroxylation is 1. The fraction of sp³-hybridized carbons (Fsp3) is 0.444. The van der Waals surface area contributed by atoms with Crippen LogP contribution in [0.4, 0.5) is 17.5 Å². The number of nitrogens with zero attached hydrogens (tertiary/aromatic N) is 2. The second kappa shape index (κ2) is 7.41. The molecule has 132 valence electrons. The van der Waals surface area contributed by atoms with Gasteiger partial charge in [0.2, 0.25) is 5.95 Å². The van der Waals surface area contributed by atoms with Crippen LogP contribution in [0.25, 0.3) is 0 Å². The van der Waals surface area contributed by atoms with Crippen molar-refractivity contribution in [3.05, 3.63) is 35.0 Å². The highest BCUT2D eigenvalue weighted by Crippen LogP contribution is 2.23. The predicted octanol–water partition coefficient (Wildman–Crippen LogP) is 2.66. The number of hydrogen-bond donors (Lipinski definition) is 3. The molecule has 6 nitrogen and oxygen atoms in total. The minimum atomic E-state index is -0.859. The molecule has 1 aromatic heterocycles. The molecule has 25 heavy (non-hydrogen) atoms. The van der Waals surface area contributed by atoms with E-state index in [0.717, 1.165) is 46.5 Å². The highest BCUT2D eigenvalue weighted by molar-refractivity contribution is 6.62. The number of aromatic nitrogens is 2. The zero-order chi connectivity index (χ0) is 18.0. The minimum absolute atomic E-state index is 0.399. The number of hydrogen-bond acceptors (Lipinski definition) is 6. The van der Waals surface area contributed by atoms with Crippen LogP contribution in [0.2, 0.25) is 0 Å². The molecule has 1 aromatic carbocycles. The Morgan fingerprint density at radius 1 is 1.28 bits per heavy atom. The Kier molecular flexibility index (Phi) is 5.25. The number of benzene rings is 1. The molecule has 0 radical (unpaired) electrons. The molecule has 1 aliphatic heterocycles. The van der Waals surface area contributed by atoms with Crippen molar-refractivity contribution in [1.29, 1.82) is 0 Å². The summed E-state index contributed by atoms with van der Waals surface area (Å²) in [6.45, 7) is 8.75. The van der Waals surface area contributed by atoms with E-state index in [1.807, 2.05) is 32.2 Å². The van der Waals surface area contributed by atoms with Crippen molar-refractivity contribution < 1.29 is 9.68 Å². The van der Waals surface area contributed by atoms with E-state index in [9.17, 15) is 5.02 Å². The quantitative estimate of drug-likeness (QED) is 0.702. The van der Waals surface area contributed by atoms with Crippen molar-refractivity contribution in [2.75, 3.05) is 10.6 Å². The second-order valence-corrected chi connectivity index (χ2v) is 6.48. The lowest BCUT2D eigenvalue weighted by molar-refractivity contribution is 0.275. The van der Waals surface area contributed by atoms with Gasteiger partial charge in [-0.2, -0.15) is 4.98 Å². The molecule has 0 fully saturated rings. The van der Waals surface area contributed by atoms with Crippen LogP contribution in [0, 0.1) is 13.8 Å². The number of rotatable bonds is 6. The van der Waals surface area contributed by atoms with Gasteiger partial charge in [-0.05, 0) is 49.3 Å². The largest absolute Gasteiger partial charge is 0.492 e. The third-order valence-corrected chi connectivity index (χ3v) is 4.79. The van der Waals surface area contributed by atoms with Crippen molar-refractivity contribution in [2.24, 2.45) is 0 Å². The maximum atomic E-state index is 10.00. The molecule has 0 bridgehead atoms. The summed E-state index contributed by atoms with van der Waals surface area (Å²) in [5, 5.41) is 16.8. The fourth-order valence-corrected chi connectivity index (χ4v) is 3.10. The third-order valence-electron chi connectivity index (χ3n) is 4.79. The molecule has 3 N–H and O–H groups in total. The smallest absolute Gasteiger partial charge is 0.423 e. The van der Waals surface area contributed by atoms with Gasteiger partial charge in [0.05, 0.1) is 6.61 Å². The van der Waals surface area contributed by atoms with Crippen LogP contribution in [0.15, 0.2) is 18.3 Å². The molecule has 1 aliphatic rings. The zero-order valence-electron chi connectivity index (χ0n) is 15.3. The van der Waals surface area contributed by atoms with Crippen LogP contribution in [0.5, 0.6) is 0 Å². The van der Waals surface area contributed by atoms with Gasteiger partial charge in [0.15, 0.2) is 0 Å². The van der Waals surface area contributed by atoms with Crippen LogP contribution in [0.1, 0.15) is 43.4 Å². The summed E-state index contributed by atoms with van der Waals surface area (Å²) in [6.07, 6.45) is 3.91. The maximum Gasteiger partial charge on any atom is 0.492 e. The van der Waals surface area contributed by atoms with E-state index in [2.05, 4.69) is 34.4 Å². The molecule has 2 aromatic rings. The van der Waals surface area contributed by atoms with Crippen molar-refractivity contribution in [1.82, 2.24) is 9.97 Å². The summed E-state index contributed by atoms with van der Waals surface area (Å²) >= 11 is 0. The van der Waals surface area contributed by atoms with Crippen LogP contribution < -0.4 is 16.1 Å². The molecule has 0 atom stereocenters. The van der Waals surface area contributed by atoms with E-state index in [1.54, 1.807) is 0 Å². The first kappa shape index (κ1) is 17.7. The first-order valence-corrected chi connectivity index (χ1v) is 8.82. The van der Waals surface area contributed by atoms with Crippen LogP contribution in [-0.2, 0) is 11.3 Å². The van der Waals surface area contributed by atoms with Crippen molar-refractivity contribution in [3.63, 3.8) is 0 Å². The highest BCUT2D eigenvalue weighted by Gasteiger charge is 2.30. The number of anilines is 3. The van der Waals surface area contributed by atoms with Gasteiger partial charge in [-0.1, -0.05) is 19.9 Å². The lowest BCUT2D eigenvalue weighted by Crippen LogP contribution is -2.31. The Hall–Kier alpha value is -2.12. The molecule has 2 heterocycles. The van der Waals surface area contributed by atoms with Crippen molar-refractivity contribution in [3.8, 4) is 0 Å². The van der Waals surface area contributed by atoms with Crippen molar-refractivity contribution in [2.45, 2.75) is 53.2 Å². The average Bonchev–Trinajstić information content (AvgIpc) is 2.99. The Balaban J connectivity index is 1.85. The third kappa shape index (κ3) is 3.62. The van der Waals surface area contributed by atoms with E-state index >= 15 is 0 Å². The molecule has 3 rings (SSSR count). The molecular formula is C18H25BN4O2. The molecular weight excluding hydrogens is 315 g/mol. The second-order valence-electron chi connectivity index (χ2n) is 6.48. The monoisotopic (exact) mass is 340 g/mol. The van der Waals surface area contributed by atoms with E-state index in [4.69, 9.17) is 4.65 Å². The summed E-state index contributed by atoms with van der Waals surface area (Å²) in [5.74, 6) is 1.39. The Morgan fingerprint density at radius 3 is 2.76 bits per heavy atom. The van der Waals surface area contributed by atoms with Gasteiger partial charge in [0.25, 0.3) is 0 Å². The lowest BCUT2D eigenvalue weighted by Gasteiger charge is -2.18. The van der Waals surface area contributed by atoms with E-state index in [0.29, 0.717) is 18.6 Å². The molecule has 0 aliphatic carbocycles. The van der Waals surface area contributed by atoms with E-state index in [1.165, 1.54) is 0 Å². The summed E-state index contributed by atoms with van der Waals surface area (Å²) in [7, 11) is -0.859. The Bertz CT molecular complexity index is 765. The Morgan fingerprint density at radius 2 is 2.04 bits per heavy atom. The molecule has 0 amide bonds. The molecule has 0 saturated carbocycles. The average molecular weight is 340 g/mol. The fourth-order valence-electron chi connectivity index (χ4n) is 3.10. The summed E-state index contributed by atoms with van der Waals surface area (Å²) in [5.41, 5.74) is 4.72. The zero-order valence-corrected chi connectivity index (χ0v) is 15.3. The summed E-state index contributed by atoms with van der Waals surface area (Å²) in [6, 6.07) is 4.35. The minimum Gasteiger partial charge on any atom is -0.423 e. The van der Waals surface area contributed by atoms with E-state index in [-0.39, 0.29) is 0 Å². The summed E-state index contributed by atoms with van der Waals surface area (Å²) in [4.78, 5) is 9.02. The van der Waals surface area contributed by atoms with Gasteiger partial charge in [0.1, 0.15) is 5.82 Å². The van der Waals surface area contributed by atoms with Gasteiger partial charge >= 0.3 is 7.12 Å². The normalized spacial score (nSPS) is 13.3. The first-order valence-electron chi connectivity index (χ1n) is 8.82. The highest BCUT2D eigenvalue weighted by atomic mass is 16.5. The molecule has 0 saturated heterocycles.